The minimum atomic E-state index is -0.323. The zero-order chi connectivity index (χ0) is 35.9. The number of alkyl halides is 1. The molecule has 6 aromatic rings. The van der Waals surface area contributed by atoms with E-state index in [1.807, 2.05) is 34.6 Å². The Morgan fingerprint density at radius 3 is 1.50 bits per heavy atom. The van der Waals surface area contributed by atoms with Crippen LogP contribution in [0.1, 0.15) is 67.1 Å². The molecular formula is C35H33BrF2N6O4S2. The molecular weight excluding hydrogens is 750 g/mol. The minimum absolute atomic E-state index is 0.0288. The maximum Gasteiger partial charge on any atom is 0.270 e. The van der Waals surface area contributed by atoms with Crippen molar-refractivity contribution >= 4 is 50.4 Å². The van der Waals surface area contributed by atoms with Gasteiger partial charge in [0.15, 0.2) is 5.76 Å². The zero-order valence-electron chi connectivity index (χ0n) is 27.7. The molecule has 2 aromatic carbocycles. The molecule has 0 unspecified atom stereocenters. The average molecular weight is 784 g/mol. The number of nitrogens with one attached hydrogen (secondary N) is 2. The maximum atomic E-state index is 13.2. The minimum Gasteiger partial charge on any atom is -0.360 e. The van der Waals surface area contributed by atoms with E-state index in [0.29, 0.717) is 61.6 Å². The highest BCUT2D eigenvalue weighted by atomic mass is 79.9. The van der Waals surface area contributed by atoms with Crippen LogP contribution in [0.3, 0.4) is 0 Å². The highest BCUT2D eigenvalue weighted by Crippen LogP contribution is 2.38. The molecule has 4 heterocycles. The zero-order valence-corrected chi connectivity index (χ0v) is 30.9. The van der Waals surface area contributed by atoms with E-state index in [-0.39, 0.29) is 35.5 Å². The Kier molecular flexibility index (Phi) is 12.0. The number of benzene rings is 2. The van der Waals surface area contributed by atoms with Crippen molar-refractivity contribution in [3.63, 3.8) is 0 Å². The molecule has 0 spiro atoms. The van der Waals surface area contributed by atoms with Gasteiger partial charge >= 0.3 is 0 Å². The third-order valence-corrected chi connectivity index (χ3v) is 9.17. The van der Waals surface area contributed by atoms with Crippen molar-refractivity contribution in [2.24, 2.45) is 0 Å². The lowest BCUT2D eigenvalue weighted by Crippen LogP contribution is -2.30. The normalized spacial score (nSPS) is 11.1. The Hall–Kier alpha value is -4.60. The van der Waals surface area contributed by atoms with Crippen molar-refractivity contribution in [3.05, 3.63) is 93.8 Å². The van der Waals surface area contributed by atoms with Gasteiger partial charge in [0.1, 0.15) is 50.2 Å². The number of hydrogen-bond acceptors (Lipinski definition) is 10. The summed E-state index contributed by atoms with van der Waals surface area (Å²) in [5.74, 6) is 0.213. The molecule has 0 fully saturated rings. The summed E-state index contributed by atoms with van der Waals surface area (Å²) >= 11 is 6.07. The van der Waals surface area contributed by atoms with Crippen LogP contribution in [0.4, 0.5) is 8.78 Å². The first-order valence-electron chi connectivity index (χ1n) is 15.6. The number of carbonyl (C=O) groups is 2. The van der Waals surface area contributed by atoms with Crippen LogP contribution in [0.5, 0.6) is 0 Å². The van der Waals surface area contributed by atoms with Gasteiger partial charge in [0, 0.05) is 40.4 Å². The number of thiazole rings is 2. The average Bonchev–Trinajstić information content (AvgIpc) is 3.90. The van der Waals surface area contributed by atoms with E-state index >= 15 is 0 Å². The fourth-order valence-corrected chi connectivity index (χ4v) is 6.80. The molecule has 0 aliphatic heterocycles. The SMILES string of the molecule is CC(C)NC(=O)c1csc(-c2c(-c3ccc(F)cc3)noc2CBr)n1.CCc1onc(-c2ccc(F)cc2)c1-c1nc(C(=O)NC(C)C)cs1. The summed E-state index contributed by atoms with van der Waals surface area (Å²) in [6, 6.07) is 12.1. The van der Waals surface area contributed by atoms with E-state index in [1.165, 1.54) is 46.9 Å². The molecule has 2 N–H and O–H groups in total. The fraction of sp³-hybridized carbons (Fsp3) is 0.257. The molecule has 0 saturated carbocycles. The highest BCUT2D eigenvalue weighted by molar-refractivity contribution is 9.08. The number of aryl methyl sites for hydroxylation is 1. The molecule has 260 valence electrons. The summed E-state index contributed by atoms with van der Waals surface area (Å²) < 4.78 is 37.2. The third-order valence-electron chi connectivity index (χ3n) is 6.94. The standard InChI is InChI=1S/C18H18FN3O2S.C17H15BrFN3O2S/c1-4-14-15(16(22-24-14)11-5-7-12(19)8-6-11)18-21-13(9-25-18)17(23)20-10(2)3;1-9(2)20-16(23)12-8-25-17(21-12)14-13(7-18)24-22-15(14)10-3-5-11(19)6-4-10/h5-10H,4H2,1-3H3,(H,20,23);3-6,8-9H,7H2,1-2H3,(H,20,23). The van der Waals surface area contributed by atoms with Crippen LogP contribution < -0.4 is 10.6 Å². The summed E-state index contributed by atoms with van der Waals surface area (Å²) in [6.07, 6.45) is 0.636. The smallest absolute Gasteiger partial charge is 0.270 e. The fourth-order valence-electron chi connectivity index (χ4n) is 4.69. The van der Waals surface area contributed by atoms with Crippen LogP contribution in [-0.4, -0.2) is 44.2 Å². The van der Waals surface area contributed by atoms with Crippen molar-refractivity contribution in [2.75, 3.05) is 0 Å². The second-order valence-electron chi connectivity index (χ2n) is 11.5. The molecule has 6 rings (SSSR count). The summed E-state index contributed by atoms with van der Waals surface area (Å²) in [7, 11) is 0. The molecule has 0 radical (unpaired) electrons. The van der Waals surface area contributed by atoms with Crippen molar-refractivity contribution in [3.8, 4) is 43.7 Å². The summed E-state index contributed by atoms with van der Waals surface area (Å²) in [4.78, 5) is 33.1. The van der Waals surface area contributed by atoms with Gasteiger partial charge in [0.2, 0.25) is 0 Å². The Morgan fingerprint density at radius 1 is 0.720 bits per heavy atom. The maximum absolute atomic E-state index is 13.2. The number of rotatable bonds is 10. The molecule has 4 aromatic heterocycles. The second-order valence-corrected chi connectivity index (χ2v) is 13.8. The van der Waals surface area contributed by atoms with E-state index in [4.69, 9.17) is 9.05 Å². The first kappa shape index (κ1) is 36.7. The predicted molar refractivity (Wildman–Crippen MR) is 193 cm³/mol. The number of aromatic nitrogens is 4. The largest absolute Gasteiger partial charge is 0.360 e. The Morgan fingerprint density at radius 2 is 1.12 bits per heavy atom. The number of nitrogens with zero attached hydrogens (tertiary/aromatic N) is 4. The van der Waals surface area contributed by atoms with Gasteiger partial charge < -0.3 is 19.7 Å². The molecule has 15 heteroatoms. The Labute approximate surface area is 303 Å². The van der Waals surface area contributed by atoms with Gasteiger partial charge in [-0.15, -0.1) is 22.7 Å². The first-order chi connectivity index (χ1) is 24.0. The topological polar surface area (TPSA) is 136 Å². The molecule has 10 nitrogen and oxygen atoms in total. The van der Waals surface area contributed by atoms with Crippen LogP contribution in [-0.2, 0) is 11.8 Å². The monoisotopic (exact) mass is 782 g/mol. The van der Waals surface area contributed by atoms with Crippen LogP contribution in [0.2, 0.25) is 0 Å². The van der Waals surface area contributed by atoms with Crippen molar-refractivity contribution in [2.45, 2.75) is 58.5 Å². The molecule has 2 amide bonds. The van der Waals surface area contributed by atoms with Gasteiger partial charge in [-0.1, -0.05) is 33.2 Å². The van der Waals surface area contributed by atoms with E-state index in [1.54, 1.807) is 35.0 Å². The quantitative estimate of drug-likeness (QED) is 0.132. The van der Waals surface area contributed by atoms with E-state index in [0.717, 1.165) is 16.7 Å². The summed E-state index contributed by atoms with van der Waals surface area (Å²) in [5, 5.41) is 19.0. The van der Waals surface area contributed by atoms with Crippen LogP contribution in [0.15, 0.2) is 68.3 Å². The van der Waals surface area contributed by atoms with Gasteiger partial charge in [-0.3, -0.25) is 9.59 Å². The lowest BCUT2D eigenvalue weighted by Gasteiger charge is -2.05. The van der Waals surface area contributed by atoms with E-state index in [2.05, 4.69) is 46.8 Å². The molecule has 0 bridgehead atoms. The van der Waals surface area contributed by atoms with Gasteiger partial charge in [0.25, 0.3) is 11.8 Å². The molecule has 0 aliphatic carbocycles. The number of carbonyl (C=O) groups excluding carboxylic acids is 2. The highest BCUT2D eigenvalue weighted by Gasteiger charge is 2.24. The summed E-state index contributed by atoms with van der Waals surface area (Å²) in [6.45, 7) is 9.53. The molecule has 50 heavy (non-hydrogen) atoms. The van der Waals surface area contributed by atoms with Gasteiger partial charge in [-0.05, 0) is 76.2 Å². The lowest BCUT2D eigenvalue weighted by atomic mass is 10.1. The first-order valence-corrected chi connectivity index (χ1v) is 18.4. The molecule has 0 saturated heterocycles. The van der Waals surface area contributed by atoms with Gasteiger partial charge in [-0.25, -0.2) is 18.7 Å². The molecule has 0 atom stereocenters. The Balaban J connectivity index is 0.000000194. The number of halogens is 3. The van der Waals surface area contributed by atoms with Gasteiger partial charge in [-0.2, -0.15) is 0 Å². The van der Waals surface area contributed by atoms with Crippen LogP contribution in [0.25, 0.3) is 43.7 Å². The lowest BCUT2D eigenvalue weighted by molar-refractivity contribution is 0.0930. The third kappa shape index (κ3) is 8.57. The summed E-state index contributed by atoms with van der Waals surface area (Å²) in [5.41, 5.74) is 4.79. The van der Waals surface area contributed by atoms with Crippen molar-refractivity contribution in [1.82, 2.24) is 30.9 Å². The van der Waals surface area contributed by atoms with Crippen molar-refractivity contribution in [1.29, 1.82) is 0 Å². The van der Waals surface area contributed by atoms with Crippen LogP contribution in [0, 0.1) is 11.6 Å². The Bertz CT molecular complexity index is 1920. The predicted octanol–water partition coefficient (Wildman–Crippen LogP) is 8.94. The van der Waals surface area contributed by atoms with Crippen LogP contribution >= 0.6 is 38.6 Å². The number of hydrogen-bond donors (Lipinski definition) is 2. The van der Waals surface area contributed by atoms with Crippen molar-refractivity contribution < 1.29 is 27.4 Å². The van der Waals surface area contributed by atoms with E-state index < -0.39 is 0 Å². The van der Waals surface area contributed by atoms with E-state index in [9.17, 15) is 18.4 Å². The second kappa shape index (κ2) is 16.4. The number of amides is 2. The van der Waals surface area contributed by atoms with Gasteiger partial charge in [0.05, 0.1) is 16.5 Å². The molecule has 0 aliphatic rings.